The standard InChI is InChI=1S/C16H27NO2/c1-10(2)12-7-13(8-12)17-14-6-4-3-5-11(14)9-15(17)16(18)19/h10-15H,3-9H2,1-2H3,(H,18,19). The van der Waals surface area contributed by atoms with Crippen molar-refractivity contribution in [2.24, 2.45) is 17.8 Å². The van der Waals surface area contributed by atoms with Gasteiger partial charge in [0.05, 0.1) is 0 Å². The van der Waals surface area contributed by atoms with E-state index in [2.05, 4.69) is 18.7 Å². The van der Waals surface area contributed by atoms with E-state index in [4.69, 9.17) is 0 Å². The summed E-state index contributed by atoms with van der Waals surface area (Å²) in [6, 6.07) is 0.945. The number of carbonyl (C=O) groups is 1. The van der Waals surface area contributed by atoms with E-state index < -0.39 is 5.97 Å². The van der Waals surface area contributed by atoms with Gasteiger partial charge < -0.3 is 5.11 Å². The van der Waals surface area contributed by atoms with Crippen LogP contribution in [-0.4, -0.2) is 34.1 Å². The van der Waals surface area contributed by atoms with Crippen molar-refractivity contribution in [3.05, 3.63) is 0 Å². The van der Waals surface area contributed by atoms with E-state index in [0.717, 1.165) is 18.3 Å². The highest BCUT2D eigenvalue weighted by Gasteiger charge is 2.50. The Morgan fingerprint density at radius 2 is 1.84 bits per heavy atom. The fraction of sp³-hybridized carbons (Fsp3) is 0.938. The number of fused-ring (bicyclic) bond motifs is 1. The molecule has 3 unspecified atom stereocenters. The van der Waals surface area contributed by atoms with Gasteiger partial charge in [0.25, 0.3) is 0 Å². The molecule has 0 amide bonds. The van der Waals surface area contributed by atoms with Crippen LogP contribution in [0.2, 0.25) is 0 Å². The number of nitrogens with zero attached hydrogens (tertiary/aromatic N) is 1. The molecule has 1 N–H and O–H groups in total. The molecule has 0 aromatic carbocycles. The topological polar surface area (TPSA) is 40.5 Å². The summed E-state index contributed by atoms with van der Waals surface area (Å²) in [5.41, 5.74) is 0. The molecular formula is C16H27NO2. The van der Waals surface area contributed by atoms with Crippen LogP contribution in [0.25, 0.3) is 0 Å². The van der Waals surface area contributed by atoms with Crippen LogP contribution >= 0.6 is 0 Å². The Morgan fingerprint density at radius 1 is 1.16 bits per heavy atom. The van der Waals surface area contributed by atoms with Crippen molar-refractivity contribution in [1.29, 1.82) is 0 Å². The van der Waals surface area contributed by atoms with E-state index in [9.17, 15) is 9.90 Å². The van der Waals surface area contributed by atoms with Gasteiger partial charge in [-0.2, -0.15) is 0 Å². The largest absolute Gasteiger partial charge is 0.480 e. The number of likely N-dealkylation sites (tertiary alicyclic amines) is 1. The Labute approximate surface area is 116 Å². The highest BCUT2D eigenvalue weighted by atomic mass is 16.4. The van der Waals surface area contributed by atoms with Crippen molar-refractivity contribution in [1.82, 2.24) is 4.90 Å². The maximum atomic E-state index is 11.6. The molecule has 1 heterocycles. The summed E-state index contributed by atoms with van der Waals surface area (Å²) < 4.78 is 0. The fourth-order valence-electron chi connectivity index (χ4n) is 4.67. The van der Waals surface area contributed by atoms with Crippen LogP contribution < -0.4 is 0 Å². The Morgan fingerprint density at radius 3 is 2.47 bits per heavy atom. The number of hydrogen-bond donors (Lipinski definition) is 1. The van der Waals surface area contributed by atoms with Gasteiger partial charge in [0.15, 0.2) is 0 Å². The van der Waals surface area contributed by atoms with Crippen LogP contribution in [0.3, 0.4) is 0 Å². The zero-order valence-corrected chi connectivity index (χ0v) is 12.2. The minimum Gasteiger partial charge on any atom is -0.480 e. The summed E-state index contributed by atoms with van der Waals surface area (Å²) in [6.07, 6.45) is 8.45. The van der Waals surface area contributed by atoms with Crippen LogP contribution in [0.4, 0.5) is 0 Å². The van der Waals surface area contributed by atoms with Gasteiger partial charge in [-0.15, -0.1) is 0 Å². The average Bonchev–Trinajstić information content (AvgIpc) is 2.67. The van der Waals surface area contributed by atoms with E-state index >= 15 is 0 Å². The minimum atomic E-state index is -0.581. The first kappa shape index (κ1) is 13.4. The Balaban J connectivity index is 1.71. The lowest BCUT2D eigenvalue weighted by Crippen LogP contribution is -2.54. The number of aliphatic carboxylic acids is 1. The van der Waals surface area contributed by atoms with Crippen LogP contribution in [0, 0.1) is 17.8 Å². The third kappa shape index (κ3) is 2.31. The van der Waals surface area contributed by atoms with Crippen molar-refractivity contribution in [2.75, 3.05) is 0 Å². The summed E-state index contributed by atoms with van der Waals surface area (Å²) in [5, 5.41) is 9.53. The van der Waals surface area contributed by atoms with E-state index in [1.54, 1.807) is 0 Å². The number of carboxylic acid groups (broad SMARTS) is 1. The molecule has 3 aliphatic rings. The molecule has 19 heavy (non-hydrogen) atoms. The summed E-state index contributed by atoms with van der Waals surface area (Å²) in [7, 11) is 0. The number of hydrogen-bond acceptors (Lipinski definition) is 2. The van der Waals surface area contributed by atoms with Gasteiger partial charge in [0.1, 0.15) is 6.04 Å². The van der Waals surface area contributed by atoms with Gasteiger partial charge in [-0.25, -0.2) is 0 Å². The highest BCUT2D eigenvalue weighted by Crippen LogP contribution is 2.47. The first-order valence-corrected chi connectivity index (χ1v) is 8.08. The van der Waals surface area contributed by atoms with E-state index in [1.165, 1.54) is 38.5 Å². The van der Waals surface area contributed by atoms with Gasteiger partial charge in [0.2, 0.25) is 0 Å². The molecule has 1 saturated heterocycles. The number of carboxylic acids is 1. The van der Waals surface area contributed by atoms with Crippen LogP contribution in [0.5, 0.6) is 0 Å². The summed E-state index contributed by atoms with van der Waals surface area (Å²) >= 11 is 0. The second kappa shape index (κ2) is 5.08. The molecule has 3 heteroatoms. The molecule has 1 aliphatic heterocycles. The van der Waals surface area contributed by atoms with Gasteiger partial charge in [-0.1, -0.05) is 26.7 Å². The number of rotatable bonds is 3. The van der Waals surface area contributed by atoms with Crippen molar-refractivity contribution in [3.63, 3.8) is 0 Å². The molecule has 0 aromatic heterocycles. The predicted octanol–water partition coefficient (Wildman–Crippen LogP) is 3.14. The zero-order valence-electron chi connectivity index (χ0n) is 12.2. The first-order chi connectivity index (χ1) is 9.08. The molecule has 108 valence electrons. The molecule has 0 aromatic rings. The molecule has 0 radical (unpaired) electrons. The van der Waals surface area contributed by atoms with Crippen LogP contribution in [-0.2, 0) is 4.79 Å². The summed E-state index contributed by atoms with van der Waals surface area (Å²) in [5.74, 6) is 1.65. The van der Waals surface area contributed by atoms with E-state index in [1.807, 2.05) is 0 Å². The molecule has 3 rings (SSSR count). The van der Waals surface area contributed by atoms with Gasteiger partial charge >= 0.3 is 5.97 Å². The lowest BCUT2D eigenvalue weighted by atomic mass is 9.72. The lowest BCUT2D eigenvalue weighted by Gasteiger charge is -2.48. The smallest absolute Gasteiger partial charge is 0.320 e. The molecule has 2 saturated carbocycles. The summed E-state index contributed by atoms with van der Waals surface area (Å²) in [4.78, 5) is 14.0. The molecular weight excluding hydrogens is 238 g/mol. The van der Waals surface area contributed by atoms with Crippen molar-refractivity contribution in [2.45, 2.75) is 76.9 Å². The molecule has 0 bridgehead atoms. The second-order valence-corrected chi connectivity index (χ2v) is 7.28. The van der Waals surface area contributed by atoms with Gasteiger partial charge in [-0.05, 0) is 49.9 Å². The van der Waals surface area contributed by atoms with Crippen LogP contribution in [0.1, 0.15) is 58.8 Å². The van der Waals surface area contributed by atoms with Crippen molar-refractivity contribution < 1.29 is 9.90 Å². The molecule has 3 fully saturated rings. The molecule has 3 nitrogen and oxygen atoms in total. The SMILES string of the molecule is CC(C)C1CC(N2C(C(=O)O)CC3CCCCC32)C1. The second-order valence-electron chi connectivity index (χ2n) is 7.28. The maximum absolute atomic E-state index is 11.6. The Hall–Kier alpha value is -0.570. The molecule has 3 atom stereocenters. The third-order valence-corrected chi connectivity index (χ3v) is 5.94. The average molecular weight is 265 g/mol. The third-order valence-electron chi connectivity index (χ3n) is 5.94. The monoisotopic (exact) mass is 265 g/mol. The van der Waals surface area contributed by atoms with Crippen LogP contribution in [0.15, 0.2) is 0 Å². The lowest BCUT2D eigenvalue weighted by molar-refractivity contribution is -0.145. The summed E-state index contributed by atoms with van der Waals surface area (Å²) in [6.45, 7) is 4.59. The van der Waals surface area contributed by atoms with Crippen molar-refractivity contribution in [3.8, 4) is 0 Å². The van der Waals surface area contributed by atoms with Gasteiger partial charge in [-0.3, -0.25) is 9.69 Å². The van der Waals surface area contributed by atoms with E-state index in [0.29, 0.717) is 18.0 Å². The highest BCUT2D eigenvalue weighted by molar-refractivity contribution is 5.74. The van der Waals surface area contributed by atoms with Crippen molar-refractivity contribution >= 4 is 5.97 Å². The minimum absolute atomic E-state index is 0.189. The maximum Gasteiger partial charge on any atom is 0.320 e. The Kier molecular flexibility index (Phi) is 3.59. The van der Waals surface area contributed by atoms with Gasteiger partial charge in [0, 0.05) is 12.1 Å². The first-order valence-electron chi connectivity index (χ1n) is 8.08. The normalized spacial score (nSPS) is 43.0. The fourth-order valence-corrected chi connectivity index (χ4v) is 4.67. The predicted molar refractivity (Wildman–Crippen MR) is 75.0 cm³/mol. The van der Waals surface area contributed by atoms with E-state index in [-0.39, 0.29) is 6.04 Å². The molecule has 2 aliphatic carbocycles. The Bertz CT molecular complexity index is 349. The zero-order chi connectivity index (χ0) is 13.6. The molecule has 0 spiro atoms. The quantitative estimate of drug-likeness (QED) is 0.852.